The standard InChI is InChI=1S/C16H26N2OS/c1-2-3-13(6-9-17)4-5-16(19)18-10-7-15-14(12-18)8-11-20-15/h8,11,13H,2-7,9-10,12,17H2,1H3. The molecule has 112 valence electrons. The van der Waals surface area contributed by atoms with Gasteiger partial charge in [0.2, 0.25) is 5.91 Å². The maximum absolute atomic E-state index is 12.3. The highest BCUT2D eigenvalue weighted by molar-refractivity contribution is 7.10. The van der Waals surface area contributed by atoms with Gasteiger partial charge in [-0.1, -0.05) is 19.8 Å². The molecule has 0 bridgehead atoms. The third-order valence-electron chi connectivity index (χ3n) is 4.20. The molecule has 0 saturated carbocycles. The van der Waals surface area contributed by atoms with Crippen molar-refractivity contribution in [3.8, 4) is 0 Å². The Morgan fingerprint density at radius 1 is 1.45 bits per heavy atom. The summed E-state index contributed by atoms with van der Waals surface area (Å²) in [7, 11) is 0. The number of carbonyl (C=O) groups excluding carboxylic acids is 1. The first-order chi connectivity index (χ1) is 9.74. The van der Waals surface area contributed by atoms with E-state index < -0.39 is 0 Å². The van der Waals surface area contributed by atoms with Crippen LogP contribution in [0.4, 0.5) is 0 Å². The lowest BCUT2D eigenvalue weighted by molar-refractivity contribution is -0.132. The van der Waals surface area contributed by atoms with Crippen LogP contribution in [0.1, 0.15) is 49.5 Å². The van der Waals surface area contributed by atoms with E-state index in [0.717, 1.165) is 38.9 Å². The Morgan fingerprint density at radius 3 is 3.05 bits per heavy atom. The summed E-state index contributed by atoms with van der Waals surface area (Å²) in [6.07, 6.45) is 6.14. The number of hydrogen-bond acceptors (Lipinski definition) is 3. The summed E-state index contributed by atoms with van der Waals surface area (Å²) in [5.41, 5.74) is 7.00. The molecule has 1 aromatic rings. The van der Waals surface area contributed by atoms with E-state index in [4.69, 9.17) is 5.73 Å². The molecule has 0 aliphatic carbocycles. The maximum atomic E-state index is 12.3. The van der Waals surface area contributed by atoms with Crippen molar-refractivity contribution in [2.75, 3.05) is 13.1 Å². The Balaban J connectivity index is 1.80. The zero-order chi connectivity index (χ0) is 14.4. The van der Waals surface area contributed by atoms with Crippen LogP contribution in [0.3, 0.4) is 0 Å². The molecule has 0 saturated heterocycles. The second kappa shape index (κ2) is 7.79. The first-order valence-corrected chi connectivity index (χ1v) is 8.65. The lowest BCUT2D eigenvalue weighted by atomic mass is 9.94. The average molecular weight is 294 g/mol. The van der Waals surface area contributed by atoms with Crippen LogP contribution >= 0.6 is 11.3 Å². The van der Waals surface area contributed by atoms with Crippen LogP contribution in [0.2, 0.25) is 0 Å². The number of nitrogens with zero attached hydrogens (tertiary/aromatic N) is 1. The predicted octanol–water partition coefficient (Wildman–Crippen LogP) is 3.18. The van der Waals surface area contributed by atoms with E-state index in [1.165, 1.54) is 23.3 Å². The Labute approximate surface area is 126 Å². The Bertz CT molecular complexity index is 424. The highest BCUT2D eigenvalue weighted by Crippen LogP contribution is 2.25. The molecule has 1 aliphatic rings. The minimum atomic E-state index is 0.319. The van der Waals surface area contributed by atoms with Gasteiger partial charge in [0, 0.05) is 24.4 Å². The Hall–Kier alpha value is -0.870. The number of nitrogens with two attached hydrogens (primary N) is 1. The fourth-order valence-corrected chi connectivity index (χ4v) is 3.91. The van der Waals surface area contributed by atoms with Gasteiger partial charge < -0.3 is 10.6 Å². The van der Waals surface area contributed by atoms with Gasteiger partial charge in [-0.25, -0.2) is 0 Å². The molecule has 0 fully saturated rings. The molecule has 1 unspecified atom stereocenters. The summed E-state index contributed by atoms with van der Waals surface area (Å²) < 4.78 is 0. The van der Waals surface area contributed by atoms with Crippen molar-refractivity contribution in [1.29, 1.82) is 0 Å². The number of fused-ring (bicyclic) bond motifs is 1. The molecule has 2 N–H and O–H groups in total. The van der Waals surface area contributed by atoms with Crippen LogP contribution in [0.5, 0.6) is 0 Å². The molecule has 3 nitrogen and oxygen atoms in total. The summed E-state index contributed by atoms with van der Waals surface area (Å²) in [5.74, 6) is 0.940. The molecular weight excluding hydrogens is 268 g/mol. The third-order valence-corrected chi connectivity index (χ3v) is 5.22. The number of thiophene rings is 1. The molecule has 1 aromatic heterocycles. The molecule has 1 atom stereocenters. The number of hydrogen-bond donors (Lipinski definition) is 1. The van der Waals surface area contributed by atoms with Gasteiger partial charge in [-0.15, -0.1) is 11.3 Å². The first kappa shape index (κ1) is 15.5. The van der Waals surface area contributed by atoms with Crippen molar-refractivity contribution >= 4 is 17.2 Å². The SMILES string of the molecule is CCCC(CCN)CCC(=O)N1CCc2sccc2C1. The lowest BCUT2D eigenvalue weighted by Crippen LogP contribution is -2.35. The number of rotatable bonds is 7. The van der Waals surface area contributed by atoms with Crippen LogP contribution in [0, 0.1) is 5.92 Å². The van der Waals surface area contributed by atoms with Gasteiger partial charge in [0.15, 0.2) is 0 Å². The smallest absolute Gasteiger partial charge is 0.222 e. The summed E-state index contributed by atoms with van der Waals surface area (Å²) >= 11 is 1.82. The van der Waals surface area contributed by atoms with Crippen LogP contribution in [-0.4, -0.2) is 23.9 Å². The van der Waals surface area contributed by atoms with Crippen molar-refractivity contribution in [1.82, 2.24) is 4.90 Å². The number of carbonyl (C=O) groups is 1. The van der Waals surface area contributed by atoms with E-state index in [9.17, 15) is 4.79 Å². The van der Waals surface area contributed by atoms with E-state index in [-0.39, 0.29) is 0 Å². The highest BCUT2D eigenvalue weighted by Gasteiger charge is 2.21. The van der Waals surface area contributed by atoms with Gasteiger partial charge in [-0.05, 0) is 48.7 Å². The molecule has 0 radical (unpaired) electrons. The van der Waals surface area contributed by atoms with Crippen LogP contribution in [-0.2, 0) is 17.8 Å². The van der Waals surface area contributed by atoms with E-state index in [1.54, 1.807) is 0 Å². The fraction of sp³-hybridized carbons (Fsp3) is 0.688. The minimum Gasteiger partial charge on any atom is -0.338 e. The van der Waals surface area contributed by atoms with Gasteiger partial charge in [0.25, 0.3) is 0 Å². The topological polar surface area (TPSA) is 46.3 Å². The summed E-state index contributed by atoms with van der Waals surface area (Å²) in [5, 5.41) is 2.14. The van der Waals surface area contributed by atoms with Crippen LogP contribution < -0.4 is 5.73 Å². The van der Waals surface area contributed by atoms with Gasteiger partial charge in [-0.2, -0.15) is 0 Å². The zero-order valence-electron chi connectivity index (χ0n) is 12.4. The van der Waals surface area contributed by atoms with Gasteiger partial charge in [0.05, 0.1) is 0 Å². The van der Waals surface area contributed by atoms with Crippen molar-refractivity contribution < 1.29 is 4.79 Å². The van der Waals surface area contributed by atoms with Gasteiger partial charge in [-0.3, -0.25) is 4.79 Å². The highest BCUT2D eigenvalue weighted by atomic mass is 32.1. The molecular formula is C16H26N2OS. The summed E-state index contributed by atoms with van der Waals surface area (Å²) in [4.78, 5) is 15.8. The van der Waals surface area contributed by atoms with E-state index in [1.807, 2.05) is 16.2 Å². The predicted molar refractivity (Wildman–Crippen MR) is 84.7 cm³/mol. The minimum absolute atomic E-state index is 0.319. The molecule has 1 aliphatic heterocycles. The van der Waals surface area contributed by atoms with Crippen molar-refractivity contribution in [3.05, 3.63) is 21.9 Å². The molecule has 2 rings (SSSR count). The second-order valence-electron chi connectivity index (χ2n) is 5.71. The normalized spacial score (nSPS) is 16.0. The van der Waals surface area contributed by atoms with Gasteiger partial charge in [0.1, 0.15) is 0 Å². The van der Waals surface area contributed by atoms with Crippen molar-refractivity contribution in [3.63, 3.8) is 0 Å². The quantitative estimate of drug-likeness (QED) is 0.839. The third kappa shape index (κ3) is 4.06. The fourth-order valence-electron chi connectivity index (χ4n) is 3.02. The van der Waals surface area contributed by atoms with Crippen molar-refractivity contribution in [2.24, 2.45) is 11.7 Å². The maximum Gasteiger partial charge on any atom is 0.222 e. The second-order valence-corrected chi connectivity index (χ2v) is 6.71. The van der Waals surface area contributed by atoms with E-state index >= 15 is 0 Å². The summed E-state index contributed by atoms with van der Waals surface area (Å²) in [6, 6.07) is 2.16. The molecule has 4 heteroatoms. The van der Waals surface area contributed by atoms with E-state index in [2.05, 4.69) is 18.4 Å². The molecule has 1 amide bonds. The Kier molecular flexibility index (Phi) is 6.05. The average Bonchev–Trinajstić information content (AvgIpc) is 2.92. The monoisotopic (exact) mass is 294 g/mol. The lowest BCUT2D eigenvalue weighted by Gasteiger charge is -2.27. The van der Waals surface area contributed by atoms with Gasteiger partial charge >= 0.3 is 0 Å². The van der Waals surface area contributed by atoms with E-state index in [0.29, 0.717) is 18.2 Å². The molecule has 0 aromatic carbocycles. The Morgan fingerprint density at radius 2 is 2.30 bits per heavy atom. The van der Waals surface area contributed by atoms with Crippen LogP contribution in [0.25, 0.3) is 0 Å². The number of amides is 1. The first-order valence-electron chi connectivity index (χ1n) is 7.77. The molecule has 2 heterocycles. The molecule has 0 spiro atoms. The largest absolute Gasteiger partial charge is 0.338 e. The van der Waals surface area contributed by atoms with Crippen molar-refractivity contribution in [2.45, 2.75) is 52.0 Å². The zero-order valence-corrected chi connectivity index (χ0v) is 13.3. The summed E-state index contributed by atoms with van der Waals surface area (Å²) in [6.45, 7) is 4.64. The van der Waals surface area contributed by atoms with Crippen LogP contribution in [0.15, 0.2) is 11.4 Å². The molecule has 20 heavy (non-hydrogen) atoms.